The van der Waals surface area contributed by atoms with E-state index in [0.29, 0.717) is 25.7 Å². The molecule has 7 nitrogen and oxygen atoms in total. The van der Waals surface area contributed by atoms with Crippen molar-refractivity contribution in [1.29, 1.82) is 0 Å². The zero-order valence-corrected chi connectivity index (χ0v) is 16.0. The van der Waals surface area contributed by atoms with E-state index in [1.165, 1.54) is 0 Å². The Balaban J connectivity index is 2.35. The molecule has 7 heteroatoms. The highest BCUT2D eigenvalue weighted by molar-refractivity contribution is 5.77. The van der Waals surface area contributed by atoms with E-state index >= 15 is 0 Å². The number of rotatable bonds is 11. The summed E-state index contributed by atoms with van der Waals surface area (Å²) in [6.45, 7) is 6.77. The van der Waals surface area contributed by atoms with Gasteiger partial charge in [-0.05, 0) is 37.0 Å². The van der Waals surface area contributed by atoms with Gasteiger partial charge in [0.15, 0.2) is 0 Å². The highest BCUT2D eigenvalue weighted by atomic mass is 16.5. The minimum Gasteiger partial charge on any atom is -0.497 e. The molecule has 0 spiro atoms. The SMILES string of the molecule is CCOC(=O)N[C@H](CNC(=O)COCc1cccc(OC)c1)CC(C)C. The van der Waals surface area contributed by atoms with E-state index in [9.17, 15) is 9.59 Å². The van der Waals surface area contributed by atoms with E-state index in [1.807, 2.05) is 24.3 Å². The Bertz CT molecular complexity index is 563. The molecule has 0 fully saturated rings. The van der Waals surface area contributed by atoms with Crippen LogP contribution >= 0.6 is 0 Å². The summed E-state index contributed by atoms with van der Waals surface area (Å²) >= 11 is 0. The fraction of sp³-hybridized carbons (Fsp3) is 0.579. The summed E-state index contributed by atoms with van der Waals surface area (Å²) in [5, 5.41) is 5.55. The lowest BCUT2D eigenvalue weighted by atomic mass is 10.0. The number of nitrogens with one attached hydrogen (secondary N) is 2. The van der Waals surface area contributed by atoms with Gasteiger partial charge >= 0.3 is 6.09 Å². The van der Waals surface area contributed by atoms with Gasteiger partial charge in [-0.2, -0.15) is 0 Å². The smallest absolute Gasteiger partial charge is 0.407 e. The topological polar surface area (TPSA) is 85.9 Å². The van der Waals surface area contributed by atoms with Crippen LogP contribution in [-0.2, 0) is 20.9 Å². The summed E-state index contributed by atoms with van der Waals surface area (Å²) in [7, 11) is 1.60. The second kappa shape index (κ2) is 12.1. The molecular formula is C19H30N2O5. The first kappa shape index (κ1) is 21.8. The van der Waals surface area contributed by atoms with Crippen LogP contribution in [0.2, 0.25) is 0 Å². The Morgan fingerprint density at radius 3 is 2.65 bits per heavy atom. The van der Waals surface area contributed by atoms with Gasteiger partial charge in [0, 0.05) is 12.6 Å². The third-order valence-electron chi connectivity index (χ3n) is 3.53. The molecule has 0 saturated heterocycles. The van der Waals surface area contributed by atoms with E-state index < -0.39 is 6.09 Å². The van der Waals surface area contributed by atoms with Crippen LogP contribution in [0.5, 0.6) is 5.75 Å². The van der Waals surface area contributed by atoms with Crippen molar-refractivity contribution < 1.29 is 23.8 Å². The van der Waals surface area contributed by atoms with Gasteiger partial charge in [-0.25, -0.2) is 4.79 Å². The highest BCUT2D eigenvalue weighted by Gasteiger charge is 2.15. The van der Waals surface area contributed by atoms with E-state index in [-0.39, 0.29) is 18.6 Å². The maximum atomic E-state index is 12.0. The van der Waals surface area contributed by atoms with Gasteiger partial charge in [-0.1, -0.05) is 26.0 Å². The number of methoxy groups -OCH3 is 1. The first-order valence-corrected chi connectivity index (χ1v) is 8.85. The summed E-state index contributed by atoms with van der Waals surface area (Å²) in [6, 6.07) is 7.30. The number of carbonyl (C=O) groups excluding carboxylic acids is 2. The molecule has 0 aromatic heterocycles. The lowest BCUT2D eigenvalue weighted by Gasteiger charge is -2.20. The number of amides is 2. The monoisotopic (exact) mass is 366 g/mol. The Kier molecular flexibility index (Phi) is 10.2. The molecule has 0 aliphatic carbocycles. The molecule has 0 bridgehead atoms. The summed E-state index contributed by atoms with van der Waals surface area (Å²) in [4.78, 5) is 23.5. The summed E-state index contributed by atoms with van der Waals surface area (Å²) in [5.41, 5.74) is 0.929. The van der Waals surface area contributed by atoms with Crippen LogP contribution < -0.4 is 15.4 Å². The predicted molar refractivity (Wildman–Crippen MR) is 99.1 cm³/mol. The van der Waals surface area contributed by atoms with E-state index in [4.69, 9.17) is 14.2 Å². The Morgan fingerprint density at radius 2 is 2.00 bits per heavy atom. The molecule has 0 heterocycles. The molecule has 146 valence electrons. The summed E-state index contributed by atoms with van der Waals surface area (Å²) in [5.74, 6) is 0.896. The van der Waals surface area contributed by atoms with E-state index in [1.54, 1.807) is 14.0 Å². The fourth-order valence-corrected chi connectivity index (χ4v) is 2.41. The van der Waals surface area contributed by atoms with Crippen molar-refractivity contribution >= 4 is 12.0 Å². The number of carbonyl (C=O) groups is 2. The lowest BCUT2D eigenvalue weighted by molar-refractivity contribution is -0.126. The third kappa shape index (κ3) is 9.27. The molecule has 1 atom stereocenters. The lowest BCUT2D eigenvalue weighted by Crippen LogP contribution is -2.45. The third-order valence-corrected chi connectivity index (χ3v) is 3.53. The van der Waals surface area contributed by atoms with Crippen molar-refractivity contribution in [2.75, 3.05) is 26.9 Å². The van der Waals surface area contributed by atoms with Crippen LogP contribution in [0, 0.1) is 5.92 Å². The summed E-state index contributed by atoms with van der Waals surface area (Å²) < 4.78 is 15.5. The number of alkyl carbamates (subject to hydrolysis) is 1. The van der Waals surface area contributed by atoms with Gasteiger partial charge in [0.1, 0.15) is 12.4 Å². The zero-order chi connectivity index (χ0) is 19.4. The maximum absolute atomic E-state index is 12.0. The van der Waals surface area contributed by atoms with Crippen molar-refractivity contribution in [2.24, 2.45) is 5.92 Å². The Hall–Kier alpha value is -2.28. The standard InChI is InChI=1S/C19H30N2O5/c1-5-26-19(23)21-16(9-14(2)3)11-20-18(22)13-25-12-15-7-6-8-17(10-15)24-4/h6-8,10,14,16H,5,9,11-13H2,1-4H3,(H,20,22)(H,21,23)/t16-/m0/s1. The summed E-state index contributed by atoms with van der Waals surface area (Å²) in [6.07, 6.45) is 0.269. The second-order valence-electron chi connectivity index (χ2n) is 6.34. The molecular weight excluding hydrogens is 336 g/mol. The molecule has 1 rings (SSSR count). The highest BCUT2D eigenvalue weighted by Crippen LogP contribution is 2.13. The molecule has 0 aliphatic rings. The molecule has 1 aromatic carbocycles. The Morgan fingerprint density at radius 1 is 1.23 bits per heavy atom. The molecule has 0 saturated carbocycles. The first-order chi connectivity index (χ1) is 12.4. The van der Waals surface area contributed by atoms with Crippen molar-refractivity contribution in [2.45, 2.75) is 39.8 Å². The molecule has 0 radical (unpaired) electrons. The van der Waals surface area contributed by atoms with Crippen LogP contribution in [0.15, 0.2) is 24.3 Å². The van der Waals surface area contributed by atoms with Crippen LogP contribution in [0.3, 0.4) is 0 Å². The minimum atomic E-state index is -0.471. The number of benzene rings is 1. The number of hydrogen-bond donors (Lipinski definition) is 2. The van der Waals surface area contributed by atoms with Gasteiger partial charge in [0.2, 0.25) is 5.91 Å². The molecule has 2 amide bonds. The second-order valence-corrected chi connectivity index (χ2v) is 6.34. The van der Waals surface area contributed by atoms with Crippen molar-refractivity contribution in [3.05, 3.63) is 29.8 Å². The van der Waals surface area contributed by atoms with Gasteiger partial charge in [-0.3, -0.25) is 4.79 Å². The van der Waals surface area contributed by atoms with Crippen LogP contribution in [0.4, 0.5) is 4.79 Å². The van der Waals surface area contributed by atoms with E-state index in [2.05, 4.69) is 24.5 Å². The maximum Gasteiger partial charge on any atom is 0.407 e. The average molecular weight is 366 g/mol. The van der Waals surface area contributed by atoms with Gasteiger partial charge in [0.05, 0.1) is 20.3 Å². The van der Waals surface area contributed by atoms with Crippen molar-refractivity contribution in [3.63, 3.8) is 0 Å². The van der Waals surface area contributed by atoms with Crippen molar-refractivity contribution in [1.82, 2.24) is 10.6 Å². The number of hydrogen-bond acceptors (Lipinski definition) is 5. The van der Waals surface area contributed by atoms with Gasteiger partial charge in [-0.15, -0.1) is 0 Å². The molecule has 0 unspecified atom stereocenters. The number of ether oxygens (including phenoxy) is 3. The predicted octanol–water partition coefficient (Wildman–Crippen LogP) is 2.49. The normalized spacial score (nSPS) is 11.7. The van der Waals surface area contributed by atoms with Crippen LogP contribution in [-0.4, -0.2) is 44.9 Å². The quantitative estimate of drug-likeness (QED) is 0.628. The van der Waals surface area contributed by atoms with Gasteiger partial charge < -0.3 is 24.8 Å². The minimum absolute atomic E-state index is 0.0506. The van der Waals surface area contributed by atoms with E-state index in [0.717, 1.165) is 17.7 Å². The fourth-order valence-electron chi connectivity index (χ4n) is 2.41. The van der Waals surface area contributed by atoms with Gasteiger partial charge in [0.25, 0.3) is 0 Å². The zero-order valence-electron chi connectivity index (χ0n) is 16.0. The van der Waals surface area contributed by atoms with Crippen molar-refractivity contribution in [3.8, 4) is 5.75 Å². The Labute approximate surface area is 155 Å². The molecule has 1 aromatic rings. The molecule has 0 aliphatic heterocycles. The average Bonchev–Trinajstić information content (AvgIpc) is 2.59. The largest absolute Gasteiger partial charge is 0.497 e. The first-order valence-electron chi connectivity index (χ1n) is 8.85. The van der Waals surface area contributed by atoms with Crippen LogP contribution in [0.25, 0.3) is 0 Å². The molecule has 2 N–H and O–H groups in total. The van der Waals surface area contributed by atoms with Crippen LogP contribution in [0.1, 0.15) is 32.8 Å². The molecule has 26 heavy (non-hydrogen) atoms.